The van der Waals surface area contributed by atoms with Gasteiger partial charge >= 0.3 is 0 Å². The van der Waals surface area contributed by atoms with Crippen LogP contribution in [0.5, 0.6) is 0 Å². The lowest BCUT2D eigenvalue weighted by molar-refractivity contribution is 0.162. The summed E-state index contributed by atoms with van der Waals surface area (Å²) in [7, 11) is -3.69. The number of rotatable bonds is 7. The van der Waals surface area contributed by atoms with Crippen LogP contribution in [-0.2, 0) is 20.0 Å². The molecule has 1 aliphatic heterocycles. The maximum Gasteiger partial charge on any atom is 0.243 e. The Labute approximate surface area is 261 Å². The maximum atomic E-state index is 14.1. The van der Waals surface area contributed by atoms with Crippen LogP contribution in [0.4, 0.5) is 5.69 Å². The zero-order valence-electron chi connectivity index (χ0n) is 26.8. The molecule has 1 saturated heterocycles. The second-order valence-electron chi connectivity index (χ2n) is 13.6. The Morgan fingerprint density at radius 3 is 1.63 bits per heavy atom. The minimum absolute atomic E-state index is 0.229. The van der Waals surface area contributed by atoms with Gasteiger partial charge in [-0.15, -0.1) is 0 Å². The van der Waals surface area contributed by atoms with Gasteiger partial charge < -0.3 is 9.80 Å². The Hall–Kier alpha value is -1.98. The highest BCUT2D eigenvalue weighted by molar-refractivity contribution is 7.89. The molecule has 1 saturated carbocycles. The van der Waals surface area contributed by atoms with Crippen molar-refractivity contribution in [2.75, 3.05) is 64.8 Å². The molecule has 43 heavy (non-hydrogen) atoms. The van der Waals surface area contributed by atoms with Crippen LogP contribution in [0.1, 0.15) is 64.4 Å². The first kappa shape index (κ1) is 33.9. The van der Waals surface area contributed by atoms with Crippen molar-refractivity contribution < 1.29 is 16.8 Å². The second-order valence-corrected chi connectivity index (χ2v) is 17.4. The van der Waals surface area contributed by atoms with Gasteiger partial charge in [0, 0.05) is 52.5 Å². The summed E-state index contributed by atoms with van der Waals surface area (Å²) in [4.78, 5) is 4.95. The van der Waals surface area contributed by atoms with Crippen LogP contribution in [-0.4, -0.2) is 90.3 Å². The van der Waals surface area contributed by atoms with E-state index in [-0.39, 0.29) is 22.9 Å². The summed E-state index contributed by atoms with van der Waals surface area (Å²) in [6, 6.07) is 14.0. The van der Waals surface area contributed by atoms with Gasteiger partial charge in [-0.2, -0.15) is 8.61 Å². The van der Waals surface area contributed by atoms with Crippen molar-refractivity contribution in [1.82, 2.24) is 13.5 Å². The molecule has 240 valence electrons. The third-order valence-corrected chi connectivity index (χ3v) is 12.6. The van der Waals surface area contributed by atoms with Crippen LogP contribution in [0.25, 0.3) is 0 Å². The van der Waals surface area contributed by atoms with Gasteiger partial charge in [-0.05, 0) is 93.4 Å². The zero-order valence-corrected chi connectivity index (χ0v) is 28.5. The fraction of sp³-hybridized carbons (Fsp3) is 0.636. The van der Waals surface area contributed by atoms with Gasteiger partial charge in [0.1, 0.15) is 0 Å². The molecule has 1 aliphatic carbocycles. The number of aryl methyl sites for hydroxylation is 1. The van der Waals surface area contributed by atoms with Crippen LogP contribution in [0.3, 0.4) is 0 Å². The molecule has 10 heteroatoms. The molecule has 0 spiro atoms. The number of nitrogens with zero attached hydrogens (tertiary/aromatic N) is 4. The summed E-state index contributed by atoms with van der Waals surface area (Å²) in [6.07, 6.45) is 7.81. The summed E-state index contributed by atoms with van der Waals surface area (Å²) in [5, 5.41) is 0. The minimum Gasteiger partial charge on any atom is -0.378 e. The van der Waals surface area contributed by atoms with E-state index in [1.807, 2.05) is 64.0 Å². The largest absolute Gasteiger partial charge is 0.378 e. The number of benzene rings is 2. The number of hydrogen-bond donors (Lipinski definition) is 0. The van der Waals surface area contributed by atoms with Crippen LogP contribution >= 0.6 is 0 Å². The Bertz CT molecular complexity index is 1390. The number of anilines is 1. The molecule has 2 aromatic carbocycles. The van der Waals surface area contributed by atoms with E-state index in [1.54, 1.807) is 32.9 Å². The first-order chi connectivity index (χ1) is 20.3. The lowest BCUT2D eigenvalue weighted by Gasteiger charge is -2.38. The molecule has 0 bridgehead atoms. The molecule has 0 aromatic heterocycles. The molecular formula is C33H52N4O4S2. The van der Waals surface area contributed by atoms with Gasteiger partial charge in [-0.1, -0.05) is 50.8 Å². The van der Waals surface area contributed by atoms with E-state index in [0.29, 0.717) is 19.0 Å². The summed E-state index contributed by atoms with van der Waals surface area (Å²) >= 11 is 0. The average molecular weight is 633 g/mol. The van der Waals surface area contributed by atoms with Crippen molar-refractivity contribution in [1.29, 1.82) is 0 Å². The van der Waals surface area contributed by atoms with Crippen molar-refractivity contribution in [3.8, 4) is 0 Å². The van der Waals surface area contributed by atoms with E-state index >= 15 is 0 Å². The zero-order chi connectivity index (χ0) is 31.3. The van der Waals surface area contributed by atoms with Crippen LogP contribution in [0, 0.1) is 18.3 Å². The van der Waals surface area contributed by atoms with Crippen LogP contribution < -0.4 is 4.90 Å². The van der Waals surface area contributed by atoms with E-state index in [4.69, 9.17) is 0 Å². The predicted octanol–water partition coefficient (Wildman–Crippen LogP) is 5.44. The fourth-order valence-corrected chi connectivity index (χ4v) is 9.80. The Kier molecular flexibility index (Phi) is 11.4. The first-order valence-electron chi connectivity index (χ1n) is 15.8. The Balaban J connectivity index is 1.64. The van der Waals surface area contributed by atoms with Gasteiger partial charge in [0.05, 0.1) is 9.79 Å². The molecule has 2 fully saturated rings. The van der Waals surface area contributed by atoms with E-state index in [9.17, 15) is 16.8 Å². The summed E-state index contributed by atoms with van der Waals surface area (Å²) in [5.41, 5.74) is 1.32. The molecular weight excluding hydrogens is 581 g/mol. The van der Waals surface area contributed by atoms with E-state index in [2.05, 4.69) is 4.90 Å². The van der Waals surface area contributed by atoms with Crippen LogP contribution in [0.2, 0.25) is 0 Å². The smallest absolute Gasteiger partial charge is 0.243 e. The quantitative estimate of drug-likeness (QED) is 0.404. The van der Waals surface area contributed by atoms with Crippen molar-refractivity contribution >= 4 is 25.7 Å². The number of hydrogen-bond acceptors (Lipinski definition) is 6. The van der Waals surface area contributed by atoms with Crippen LogP contribution in [0.15, 0.2) is 58.3 Å². The second kappa shape index (κ2) is 14.4. The highest BCUT2D eigenvalue weighted by atomic mass is 32.2. The van der Waals surface area contributed by atoms with Crippen molar-refractivity contribution in [3.05, 3.63) is 54.1 Å². The molecule has 4 rings (SSSR count). The van der Waals surface area contributed by atoms with E-state index in [0.717, 1.165) is 43.7 Å². The normalized spacial score (nSPS) is 21.1. The standard InChI is InChI=1S/C33H52N4O4S2/c1-28-13-17-31(18-14-28)42(38,39)36-23-9-21-35(25-29-11-7-6-8-12-29)22-10-24-37(27-33(2,3)26-36)43(40,41)32-19-15-30(16-20-32)34(4)5/h13-20,29H,6-12,21-27H2,1-5H3. The number of sulfonamides is 2. The lowest BCUT2D eigenvalue weighted by Crippen LogP contribution is -2.48. The predicted molar refractivity (Wildman–Crippen MR) is 175 cm³/mol. The Morgan fingerprint density at radius 2 is 1.16 bits per heavy atom. The average Bonchev–Trinajstić information content (AvgIpc) is 2.96. The van der Waals surface area contributed by atoms with Gasteiger partial charge in [-0.25, -0.2) is 16.8 Å². The van der Waals surface area contributed by atoms with Crippen molar-refractivity contribution in [2.24, 2.45) is 11.3 Å². The molecule has 8 nitrogen and oxygen atoms in total. The molecule has 0 atom stereocenters. The Morgan fingerprint density at radius 1 is 0.698 bits per heavy atom. The van der Waals surface area contributed by atoms with Gasteiger partial charge in [0.25, 0.3) is 0 Å². The SMILES string of the molecule is Cc1ccc(S(=O)(=O)N2CCCN(CC3CCCCC3)CCCN(S(=O)(=O)c3ccc(N(C)C)cc3)CC(C)(C)C2)cc1. The first-order valence-corrected chi connectivity index (χ1v) is 18.7. The van der Waals surface area contributed by atoms with E-state index in [1.165, 1.54) is 32.1 Å². The van der Waals surface area contributed by atoms with Gasteiger partial charge in [-0.3, -0.25) is 0 Å². The van der Waals surface area contributed by atoms with Gasteiger partial charge in [0.2, 0.25) is 20.0 Å². The highest BCUT2D eigenvalue weighted by Crippen LogP contribution is 2.29. The third-order valence-electron chi connectivity index (χ3n) is 8.86. The third kappa shape index (κ3) is 9.03. The summed E-state index contributed by atoms with van der Waals surface area (Å²) in [5.74, 6) is 0.656. The monoisotopic (exact) mass is 632 g/mol. The molecule has 0 radical (unpaired) electrons. The summed E-state index contributed by atoms with van der Waals surface area (Å²) in [6.45, 7) is 9.75. The minimum atomic E-state index is -3.79. The lowest BCUT2D eigenvalue weighted by atomic mass is 9.89. The maximum absolute atomic E-state index is 14.1. The fourth-order valence-electron chi connectivity index (χ4n) is 6.47. The molecule has 0 N–H and O–H groups in total. The van der Waals surface area contributed by atoms with E-state index < -0.39 is 25.5 Å². The topological polar surface area (TPSA) is 81.2 Å². The van der Waals surface area contributed by atoms with Crippen molar-refractivity contribution in [3.63, 3.8) is 0 Å². The summed E-state index contributed by atoms with van der Waals surface area (Å²) < 4.78 is 59.3. The highest BCUT2D eigenvalue weighted by Gasteiger charge is 2.36. The van der Waals surface area contributed by atoms with Crippen molar-refractivity contribution in [2.45, 2.75) is 75.5 Å². The molecule has 1 heterocycles. The molecule has 0 unspecified atom stereocenters. The molecule has 0 amide bonds. The molecule has 2 aliphatic rings. The van der Waals surface area contributed by atoms with Gasteiger partial charge in [0.15, 0.2) is 0 Å². The molecule has 2 aromatic rings.